The minimum Gasteiger partial charge on any atom is -0.377 e. The Balaban J connectivity index is 1.82. The normalized spacial score (nSPS) is 15.4. The molecule has 1 atom stereocenters. The molecular weight excluding hydrogens is 346 g/mol. The van der Waals surface area contributed by atoms with Crippen LogP contribution >= 0.6 is 27.5 Å². The van der Waals surface area contributed by atoms with E-state index < -0.39 is 0 Å². The van der Waals surface area contributed by atoms with Gasteiger partial charge in [-0.15, -0.1) is 0 Å². The summed E-state index contributed by atoms with van der Waals surface area (Å²) < 4.78 is 1.03. The Labute approximate surface area is 139 Å². The highest BCUT2D eigenvalue weighted by Crippen LogP contribution is 2.30. The van der Waals surface area contributed by atoms with Crippen molar-refractivity contribution < 1.29 is 0 Å². The Bertz CT molecular complexity index is 654. The van der Waals surface area contributed by atoms with E-state index in [0.717, 1.165) is 15.2 Å². The Kier molecular flexibility index (Phi) is 4.56. The zero-order valence-corrected chi connectivity index (χ0v) is 14.5. The van der Waals surface area contributed by atoms with Crippen LogP contribution in [0.5, 0.6) is 0 Å². The Hall–Kier alpha value is -0.990. The predicted octanol–water partition coefficient (Wildman–Crippen LogP) is 6.15. The van der Waals surface area contributed by atoms with Crippen molar-refractivity contribution in [1.29, 1.82) is 0 Å². The number of anilines is 1. The van der Waals surface area contributed by atoms with Crippen LogP contribution in [0.2, 0.25) is 5.02 Å². The topological polar surface area (TPSA) is 12.0 Å². The van der Waals surface area contributed by atoms with Gasteiger partial charge in [0.25, 0.3) is 0 Å². The standard InChI is InChI=1S/C18H19BrClN/c1-12(21-18-11-16(19)8-9-17(18)20)14-7-6-13-4-2-3-5-15(13)10-14/h6-12,21H,2-5H2,1H3. The van der Waals surface area contributed by atoms with Gasteiger partial charge in [0, 0.05) is 10.5 Å². The van der Waals surface area contributed by atoms with Crippen molar-refractivity contribution in [2.75, 3.05) is 5.32 Å². The summed E-state index contributed by atoms with van der Waals surface area (Å²) in [5.41, 5.74) is 5.34. The second-order valence-corrected chi connectivity index (χ2v) is 7.05. The smallest absolute Gasteiger partial charge is 0.0638 e. The van der Waals surface area contributed by atoms with Gasteiger partial charge >= 0.3 is 0 Å². The summed E-state index contributed by atoms with van der Waals surface area (Å²) in [6, 6.07) is 13.0. The van der Waals surface area contributed by atoms with Crippen molar-refractivity contribution in [3.8, 4) is 0 Å². The van der Waals surface area contributed by atoms with Gasteiger partial charge in [-0.05, 0) is 67.5 Å². The summed E-state index contributed by atoms with van der Waals surface area (Å²) in [6.45, 7) is 2.18. The molecule has 0 fully saturated rings. The highest BCUT2D eigenvalue weighted by atomic mass is 79.9. The van der Waals surface area contributed by atoms with Gasteiger partial charge in [-0.2, -0.15) is 0 Å². The molecule has 0 bridgehead atoms. The summed E-state index contributed by atoms with van der Waals surface area (Å²) in [4.78, 5) is 0. The first-order chi connectivity index (χ1) is 10.1. The molecule has 1 nitrogen and oxygen atoms in total. The zero-order valence-electron chi connectivity index (χ0n) is 12.1. The van der Waals surface area contributed by atoms with Crippen LogP contribution in [0.25, 0.3) is 0 Å². The van der Waals surface area contributed by atoms with Crippen molar-refractivity contribution in [3.63, 3.8) is 0 Å². The van der Waals surface area contributed by atoms with Gasteiger partial charge in [-0.3, -0.25) is 0 Å². The van der Waals surface area contributed by atoms with Gasteiger partial charge in [-0.1, -0.05) is 45.7 Å². The van der Waals surface area contributed by atoms with E-state index in [0.29, 0.717) is 0 Å². The van der Waals surface area contributed by atoms with E-state index in [1.54, 1.807) is 0 Å². The number of hydrogen-bond acceptors (Lipinski definition) is 1. The Morgan fingerprint density at radius 3 is 2.62 bits per heavy atom. The van der Waals surface area contributed by atoms with E-state index in [4.69, 9.17) is 11.6 Å². The Morgan fingerprint density at radius 2 is 1.81 bits per heavy atom. The average molecular weight is 365 g/mol. The molecular formula is C18H19BrClN. The average Bonchev–Trinajstić information content (AvgIpc) is 2.50. The van der Waals surface area contributed by atoms with E-state index in [1.165, 1.54) is 42.4 Å². The van der Waals surface area contributed by atoms with Crippen LogP contribution in [0, 0.1) is 0 Å². The fourth-order valence-electron chi connectivity index (χ4n) is 2.95. The molecule has 0 saturated heterocycles. The van der Waals surface area contributed by atoms with E-state index in [1.807, 2.05) is 18.2 Å². The van der Waals surface area contributed by atoms with E-state index >= 15 is 0 Å². The van der Waals surface area contributed by atoms with Crippen LogP contribution in [0.3, 0.4) is 0 Å². The molecule has 3 rings (SSSR count). The third-order valence-corrected chi connectivity index (χ3v) is 5.00. The molecule has 0 saturated carbocycles. The van der Waals surface area contributed by atoms with Crippen molar-refractivity contribution in [2.24, 2.45) is 0 Å². The molecule has 0 radical (unpaired) electrons. The molecule has 2 aromatic rings. The first-order valence-corrected chi connectivity index (χ1v) is 8.64. The molecule has 21 heavy (non-hydrogen) atoms. The first-order valence-electron chi connectivity index (χ1n) is 7.47. The summed E-state index contributed by atoms with van der Waals surface area (Å²) in [6.07, 6.45) is 5.09. The molecule has 0 heterocycles. The quantitative estimate of drug-likeness (QED) is 0.688. The lowest BCUT2D eigenvalue weighted by Crippen LogP contribution is -2.09. The molecule has 0 spiro atoms. The van der Waals surface area contributed by atoms with Crippen LogP contribution in [-0.4, -0.2) is 0 Å². The maximum atomic E-state index is 6.26. The summed E-state index contributed by atoms with van der Waals surface area (Å²) in [5, 5.41) is 4.26. The molecule has 3 heteroatoms. The lowest BCUT2D eigenvalue weighted by molar-refractivity contribution is 0.683. The van der Waals surface area contributed by atoms with Gasteiger partial charge in [-0.25, -0.2) is 0 Å². The third kappa shape index (κ3) is 3.44. The third-order valence-electron chi connectivity index (χ3n) is 4.17. The minimum absolute atomic E-state index is 0.240. The summed E-state index contributed by atoms with van der Waals surface area (Å²) in [5.74, 6) is 0. The number of benzene rings is 2. The zero-order chi connectivity index (χ0) is 14.8. The van der Waals surface area contributed by atoms with E-state index in [-0.39, 0.29) is 6.04 Å². The van der Waals surface area contributed by atoms with Crippen molar-refractivity contribution >= 4 is 33.2 Å². The summed E-state index contributed by atoms with van der Waals surface area (Å²) >= 11 is 9.75. The van der Waals surface area contributed by atoms with Gasteiger partial charge in [0.15, 0.2) is 0 Å². The van der Waals surface area contributed by atoms with Crippen LogP contribution in [0.1, 0.15) is 42.5 Å². The molecule has 110 valence electrons. The molecule has 1 aliphatic rings. The van der Waals surface area contributed by atoms with Gasteiger partial charge < -0.3 is 5.32 Å². The molecule has 0 aromatic heterocycles. The highest BCUT2D eigenvalue weighted by molar-refractivity contribution is 9.10. The SMILES string of the molecule is CC(Nc1cc(Br)ccc1Cl)c1ccc2c(c1)CCCC2. The lowest BCUT2D eigenvalue weighted by Gasteiger charge is -2.21. The van der Waals surface area contributed by atoms with Crippen molar-refractivity contribution in [1.82, 2.24) is 0 Å². The Morgan fingerprint density at radius 1 is 1.05 bits per heavy atom. The van der Waals surface area contributed by atoms with Crippen LogP contribution in [0.4, 0.5) is 5.69 Å². The monoisotopic (exact) mass is 363 g/mol. The largest absolute Gasteiger partial charge is 0.377 e. The number of nitrogens with one attached hydrogen (secondary N) is 1. The number of aryl methyl sites for hydroxylation is 2. The number of rotatable bonds is 3. The van der Waals surface area contributed by atoms with Gasteiger partial charge in [0.05, 0.1) is 10.7 Å². The van der Waals surface area contributed by atoms with Gasteiger partial charge in [0.2, 0.25) is 0 Å². The predicted molar refractivity (Wildman–Crippen MR) is 94.3 cm³/mol. The van der Waals surface area contributed by atoms with E-state index in [9.17, 15) is 0 Å². The lowest BCUT2D eigenvalue weighted by atomic mass is 9.89. The van der Waals surface area contributed by atoms with Crippen molar-refractivity contribution in [3.05, 3.63) is 62.6 Å². The van der Waals surface area contributed by atoms with Crippen LogP contribution < -0.4 is 5.32 Å². The maximum Gasteiger partial charge on any atom is 0.0638 e. The minimum atomic E-state index is 0.240. The number of hydrogen-bond donors (Lipinski definition) is 1. The molecule has 2 aromatic carbocycles. The maximum absolute atomic E-state index is 6.26. The summed E-state index contributed by atoms with van der Waals surface area (Å²) in [7, 11) is 0. The highest BCUT2D eigenvalue weighted by Gasteiger charge is 2.13. The van der Waals surface area contributed by atoms with Crippen LogP contribution in [0.15, 0.2) is 40.9 Å². The molecule has 1 N–H and O–H groups in total. The second-order valence-electron chi connectivity index (χ2n) is 5.73. The molecule has 0 amide bonds. The molecule has 1 aliphatic carbocycles. The van der Waals surface area contributed by atoms with Crippen molar-refractivity contribution in [2.45, 2.75) is 38.6 Å². The number of halogens is 2. The molecule has 1 unspecified atom stereocenters. The van der Waals surface area contributed by atoms with E-state index in [2.05, 4.69) is 46.4 Å². The van der Waals surface area contributed by atoms with Crippen LogP contribution in [-0.2, 0) is 12.8 Å². The number of fused-ring (bicyclic) bond motifs is 1. The van der Waals surface area contributed by atoms with Gasteiger partial charge in [0.1, 0.15) is 0 Å². The fraction of sp³-hybridized carbons (Fsp3) is 0.333. The molecule has 0 aliphatic heterocycles. The second kappa shape index (κ2) is 6.41. The fourth-order valence-corrected chi connectivity index (χ4v) is 3.48. The first kappa shape index (κ1) is 14.9.